The van der Waals surface area contributed by atoms with E-state index in [1.807, 2.05) is 18.3 Å². The van der Waals surface area contributed by atoms with Crippen LogP contribution in [0.2, 0.25) is 0 Å². The van der Waals surface area contributed by atoms with E-state index in [9.17, 15) is 0 Å². The van der Waals surface area contributed by atoms with Gasteiger partial charge >= 0.3 is 0 Å². The fraction of sp³-hybridized carbons (Fsp3) is 0.375. The molecule has 0 spiro atoms. The summed E-state index contributed by atoms with van der Waals surface area (Å²) >= 11 is 0. The molecule has 4 heterocycles. The lowest BCUT2D eigenvalue weighted by Crippen LogP contribution is -2.32. The third-order valence-electron chi connectivity index (χ3n) is 4.30. The van der Waals surface area contributed by atoms with Gasteiger partial charge in [0.25, 0.3) is 0 Å². The molecule has 0 unspecified atom stereocenters. The molecular formula is C16H18N6O. The van der Waals surface area contributed by atoms with Crippen LogP contribution in [0.1, 0.15) is 30.3 Å². The molecular weight excluding hydrogens is 292 g/mol. The van der Waals surface area contributed by atoms with Crippen LogP contribution in [-0.2, 0) is 6.54 Å². The second kappa shape index (κ2) is 6.29. The van der Waals surface area contributed by atoms with Gasteiger partial charge in [0.05, 0.1) is 6.54 Å². The number of nitrogens with one attached hydrogen (secondary N) is 1. The molecule has 0 aliphatic carbocycles. The van der Waals surface area contributed by atoms with Gasteiger partial charge in [0.2, 0.25) is 11.7 Å². The van der Waals surface area contributed by atoms with Crippen LogP contribution in [0.15, 0.2) is 41.3 Å². The number of nitrogens with zero attached hydrogens (tertiary/aromatic N) is 5. The summed E-state index contributed by atoms with van der Waals surface area (Å²) < 4.78 is 5.37. The Bertz CT molecular complexity index is 731. The molecule has 0 bridgehead atoms. The minimum atomic E-state index is 0.572. The van der Waals surface area contributed by atoms with E-state index < -0.39 is 0 Å². The van der Waals surface area contributed by atoms with E-state index in [0.717, 1.165) is 31.5 Å². The van der Waals surface area contributed by atoms with Gasteiger partial charge < -0.3 is 4.52 Å². The second-order valence-electron chi connectivity index (χ2n) is 5.82. The highest BCUT2D eigenvalue weighted by atomic mass is 16.5. The van der Waals surface area contributed by atoms with Crippen molar-refractivity contribution in [3.8, 4) is 11.4 Å². The Labute approximate surface area is 133 Å². The zero-order chi connectivity index (χ0) is 15.5. The Hall–Kier alpha value is -2.54. The smallest absolute Gasteiger partial charge is 0.241 e. The summed E-state index contributed by atoms with van der Waals surface area (Å²) in [6.07, 6.45) is 7.52. The van der Waals surface area contributed by atoms with E-state index in [4.69, 9.17) is 4.52 Å². The van der Waals surface area contributed by atoms with Crippen molar-refractivity contribution in [3.63, 3.8) is 0 Å². The standard InChI is InChI=1S/C16H18N6O/c1-2-13(10-17-6-1)16-19-15(23-21-16)11-22-8-4-12(5-9-22)14-3-7-18-20-14/h1-3,6-7,10,12H,4-5,8-9,11H2,(H,18,20). The summed E-state index contributed by atoms with van der Waals surface area (Å²) in [4.78, 5) is 10.9. The molecule has 1 aliphatic heterocycles. The van der Waals surface area contributed by atoms with Crippen LogP contribution in [0.25, 0.3) is 11.4 Å². The number of hydrogen-bond acceptors (Lipinski definition) is 6. The van der Waals surface area contributed by atoms with Crippen molar-refractivity contribution in [2.24, 2.45) is 0 Å². The predicted molar refractivity (Wildman–Crippen MR) is 83.4 cm³/mol. The van der Waals surface area contributed by atoms with Gasteiger partial charge in [-0.3, -0.25) is 15.0 Å². The summed E-state index contributed by atoms with van der Waals surface area (Å²) in [5, 5.41) is 11.2. The number of piperidine rings is 1. The van der Waals surface area contributed by atoms with Crippen LogP contribution in [0.5, 0.6) is 0 Å². The average molecular weight is 310 g/mol. The van der Waals surface area contributed by atoms with Gasteiger partial charge in [-0.05, 0) is 44.1 Å². The first kappa shape index (κ1) is 14.1. The minimum absolute atomic E-state index is 0.572. The third-order valence-corrected chi connectivity index (χ3v) is 4.30. The van der Waals surface area contributed by atoms with E-state index >= 15 is 0 Å². The fourth-order valence-electron chi connectivity index (χ4n) is 3.02. The zero-order valence-electron chi connectivity index (χ0n) is 12.7. The average Bonchev–Trinajstić information content (AvgIpc) is 3.28. The van der Waals surface area contributed by atoms with Crippen LogP contribution in [-0.4, -0.2) is 43.3 Å². The van der Waals surface area contributed by atoms with Crippen LogP contribution in [0, 0.1) is 0 Å². The van der Waals surface area contributed by atoms with Gasteiger partial charge in [-0.1, -0.05) is 5.16 Å². The molecule has 1 aliphatic rings. The van der Waals surface area contributed by atoms with E-state index in [1.54, 1.807) is 12.4 Å². The summed E-state index contributed by atoms with van der Waals surface area (Å²) in [5.41, 5.74) is 2.11. The quantitative estimate of drug-likeness (QED) is 0.795. The number of pyridine rings is 1. The number of likely N-dealkylation sites (tertiary alicyclic amines) is 1. The second-order valence-corrected chi connectivity index (χ2v) is 5.82. The van der Waals surface area contributed by atoms with Crippen molar-refractivity contribution in [3.05, 3.63) is 48.4 Å². The molecule has 7 heteroatoms. The van der Waals surface area contributed by atoms with Gasteiger partial charge in [-0.25, -0.2) is 0 Å². The van der Waals surface area contributed by atoms with Crippen molar-refractivity contribution < 1.29 is 4.52 Å². The lowest BCUT2D eigenvalue weighted by Gasteiger charge is -2.30. The van der Waals surface area contributed by atoms with E-state index in [1.165, 1.54) is 5.69 Å². The Morgan fingerprint density at radius 3 is 2.87 bits per heavy atom. The highest BCUT2D eigenvalue weighted by Gasteiger charge is 2.23. The first-order chi connectivity index (χ1) is 11.4. The van der Waals surface area contributed by atoms with Crippen molar-refractivity contribution in [2.45, 2.75) is 25.3 Å². The van der Waals surface area contributed by atoms with Crippen LogP contribution in [0.4, 0.5) is 0 Å². The number of hydrogen-bond donors (Lipinski definition) is 1. The van der Waals surface area contributed by atoms with E-state index in [0.29, 0.717) is 24.2 Å². The first-order valence-corrected chi connectivity index (χ1v) is 7.83. The monoisotopic (exact) mass is 310 g/mol. The molecule has 0 saturated carbocycles. The van der Waals surface area contributed by atoms with Gasteiger partial charge in [0, 0.05) is 35.8 Å². The SMILES string of the molecule is c1cncc(-c2noc(CN3CCC(c4ccn[nH]4)CC3)n2)c1. The lowest BCUT2D eigenvalue weighted by molar-refractivity contribution is 0.180. The maximum Gasteiger partial charge on any atom is 0.241 e. The fourth-order valence-corrected chi connectivity index (χ4v) is 3.02. The minimum Gasteiger partial charge on any atom is -0.338 e. The first-order valence-electron chi connectivity index (χ1n) is 7.83. The van der Waals surface area contributed by atoms with E-state index in [2.05, 4.69) is 36.3 Å². The number of H-pyrrole nitrogens is 1. The van der Waals surface area contributed by atoms with Gasteiger partial charge in [0.1, 0.15) is 0 Å². The van der Waals surface area contributed by atoms with Crippen molar-refractivity contribution in [1.82, 2.24) is 30.2 Å². The Kier molecular flexibility index (Phi) is 3.85. The molecule has 118 valence electrons. The third kappa shape index (κ3) is 3.14. The zero-order valence-corrected chi connectivity index (χ0v) is 12.7. The highest BCUT2D eigenvalue weighted by molar-refractivity contribution is 5.51. The highest BCUT2D eigenvalue weighted by Crippen LogP contribution is 2.27. The number of rotatable bonds is 4. The van der Waals surface area contributed by atoms with Crippen LogP contribution < -0.4 is 0 Å². The molecule has 7 nitrogen and oxygen atoms in total. The van der Waals surface area contributed by atoms with Crippen molar-refractivity contribution in [2.75, 3.05) is 13.1 Å². The molecule has 4 rings (SSSR count). The molecule has 1 fully saturated rings. The van der Waals surface area contributed by atoms with Gasteiger partial charge in [-0.15, -0.1) is 0 Å². The predicted octanol–water partition coefficient (Wildman–Crippen LogP) is 2.23. The molecule has 0 atom stereocenters. The summed E-state index contributed by atoms with van der Waals surface area (Å²) in [6, 6.07) is 5.86. The van der Waals surface area contributed by atoms with E-state index in [-0.39, 0.29) is 0 Å². The summed E-state index contributed by atoms with van der Waals surface area (Å²) in [6.45, 7) is 2.74. The molecule has 23 heavy (non-hydrogen) atoms. The Balaban J connectivity index is 1.36. The molecule has 0 amide bonds. The summed E-state index contributed by atoms with van der Waals surface area (Å²) in [7, 11) is 0. The van der Waals surface area contributed by atoms with Gasteiger partial charge in [0.15, 0.2) is 0 Å². The maximum atomic E-state index is 5.37. The lowest BCUT2D eigenvalue weighted by atomic mass is 9.94. The molecule has 3 aromatic rings. The number of aromatic amines is 1. The van der Waals surface area contributed by atoms with Crippen molar-refractivity contribution >= 4 is 0 Å². The maximum absolute atomic E-state index is 5.37. The normalized spacial score (nSPS) is 16.7. The molecule has 1 saturated heterocycles. The summed E-state index contributed by atoms with van der Waals surface area (Å²) in [5.74, 6) is 1.83. The molecule has 0 radical (unpaired) electrons. The largest absolute Gasteiger partial charge is 0.338 e. The Morgan fingerprint density at radius 2 is 2.13 bits per heavy atom. The molecule has 3 aromatic heterocycles. The Morgan fingerprint density at radius 1 is 1.22 bits per heavy atom. The topological polar surface area (TPSA) is 83.7 Å². The number of aromatic nitrogens is 5. The molecule has 1 N–H and O–H groups in total. The van der Waals surface area contributed by atoms with Crippen molar-refractivity contribution in [1.29, 1.82) is 0 Å². The van der Waals surface area contributed by atoms with Gasteiger partial charge in [-0.2, -0.15) is 10.1 Å². The van der Waals surface area contributed by atoms with Crippen LogP contribution >= 0.6 is 0 Å². The van der Waals surface area contributed by atoms with Crippen LogP contribution in [0.3, 0.4) is 0 Å². The molecule has 0 aromatic carbocycles.